The van der Waals surface area contributed by atoms with Crippen LogP contribution in [0.3, 0.4) is 0 Å². The molecule has 124 valence electrons. The summed E-state index contributed by atoms with van der Waals surface area (Å²) in [5.41, 5.74) is 4.36. The lowest BCUT2D eigenvalue weighted by Crippen LogP contribution is -2.17. The standard InChI is InChI=1S/C14H15NO7S/c1-7(16)5-10(18)9-3-4-12(23(20,21)22)13(14(9)15)11(19)6-8(2)17/h3-4H,5-6,15H2,1-2H3,(H,20,21,22). The van der Waals surface area contributed by atoms with E-state index in [9.17, 15) is 32.1 Å². The van der Waals surface area contributed by atoms with Crippen LogP contribution in [0.4, 0.5) is 5.69 Å². The average Bonchev–Trinajstić information content (AvgIpc) is 2.34. The average molecular weight is 341 g/mol. The first-order valence-corrected chi connectivity index (χ1v) is 7.84. The third-order valence-electron chi connectivity index (χ3n) is 2.88. The molecule has 3 N–H and O–H groups in total. The van der Waals surface area contributed by atoms with Gasteiger partial charge in [0.05, 0.1) is 24.1 Å². The van der Waals surface area contributed by atoms with Crippen LogP contribution in [0.2, 0.25) is 0 Å². The second kappa shape index (κ2) is 6.80. The van der Waals surface area contributed by atoms with E-state index >= 15 is 0 Å². The van der Waals surface area contributed by atoms with Crippen LogP contribution < -0.4 is 5.73 Å². The van der Waals surface area contributed by atoms with Crippen molar-refractivity contribution in [1.82, 2.24) is 0 Å². The molecular weight excluding hydrogens is 326 g/mol. The molecule has 0 saturated carbocycles. The van der Waals surface area contributed by atoms with Crippen LogP contribution in [0.25, 0.3) is 0 Å². The van der Waals surface area contributed by atoms with Gasteiger partial charge < -0.3 is 5.73 Å². The Labute approximate surface area is 132 Å². The van der Waals surface area contributed by atoms with Gasteiger partial charge in [0.1, 0.15) is 16.5 Å². The van der Waals surface area contributed by atoms with Crippen LogP contribution in [0.5, 0.6) is 0 Å². The molecule has 0 aliphatic carbocycles. The summed E-state index contributed by atoms with van der Waals surface area (Å²) in [7, 11) is -4.79. The lowest BCUT2D eigenvalue weighted by atomic mass is 9.97. The molecule has 8 nitrogen and oxygen atoms in total. The molecule has 1 aromatic rings. The monoisotopic (exact) mass is 341 g/mol. The summed E-state index contributed by atoms with van der Waals surface area (Å²) in [5, 5.41) is 0. The maximum Gasteiger partial charge on any atom is 0.295 e. The van der Waals surface area contributed by atoms with Crippen molar-refractivity contribution < 1.29 is 32.1 Å². The lowest BCUT2D eigenvalue weighted by molar-refractivity contribution is -0.117. The van der Waals surface area contributed by atoms with Crippen molar-refractivity contribution in [2.75, 3.05) is 5.73 Å². The van der Waals surface area contributed by atoms with E-state index in [2.05, 4.69) is 0 Å². The number of hydrogen-bond acceptors (Lipinski definition) is 7. The van der Waals surface area contributed by atoms with Gasteiger partial charge in [-0.05, 0) is 26.0 Å². The number of rotatable bonds is 7. The molecule has 0 fully saturated rings. The Morgan fingerprint density at radius 3 is 1.91 bits per heavy atom. The van der Waals surface area contributed by atoms with Crippen molar-refractivity contribution in [1.29, 1.82) is 0 Å². The fraction of sp³-hybridized carbons (Fsp3) is 0.286. The number of nitrogens with two attached hydrogens (primary N) is 1. The summed E-state index contributed by atoms with van der Waals surface area (Å²) in [5.74, 6) is -2.63. The second-order valence-electron chi connectivity index (χ2n) is 4.98. The van der Waals surface area contributed by atoms with Gasteiger partial charge in [-0.1, -0.05) is 0 Å². The Morgan fingerprint density at radius 1 is 1.00 bits per heavy atom. The summed E-state index contributed by atoms with van der Waals surface area (Å²) < 4.78 is 32.0. The molecular formula is C14H15NO7S. The maximum atomic E-state index is 12.1. The topological polar surface area (TPSA) is 149 Å². The number of nitrogen functional groups attached to an aromatic ring is 1. The Morgan fingerprint density at radius 2 is 1.48 bits per heavy atom. The van der Waals surface area contributed by atoms with Crippen LogP contribution >= 0.6 is 0 Å². The Kier molecular flexibility index (Phi) is 5.51. The molecule has 0 aliphatic heterocycles. The van der Waals surface area contributed by atoms with Crippen molar-refractivity contribution in [2.24, 2.45) is 0 Å². The predicted octanol–water partition coefficient (Wildman–Crippen LogP) is 0.839. The van der Waals surface area contributed by atoms with Crippen molar-refractivity contribution in [3.8, 4) is 0 Å². The summed E-state index contributed by atoms with van der Waals surface area (Å²) in [6.45, 7) is 2.30. The normalized spacial score (nSPS) is 11.1. The van der Waals surface area contributed by atoms with Crippen molar-refractivity contribution in [3.05, 3.63) is 23.3 Å². The number of hydrogen-bond donors (Lipinski definition) is 2. The van der Waals surface area contributed by atoms with E-state index in [0.717, 1.165) is 19.1 Å². The molecule has 9 heteroatoms. The number of ketones is 4. The van der Waals surface area contributed by atoms with Gasteiger partial charge in [0, 0.05) is 5.56 Å². The van der Waals surface area contributed by atoms with Crippen LogP contribution in [-0.2, 0) is 19.7 Å². The van der Waals surface area contributed by atoms with E-state index in [-0.39, 0.29) is 5.56 Å². The first-order valence-electron chi connectivity index (χ1n) is 6.40. The van der Waals surface area contributed by atoms with E-state index in [1.807, 2.05) is 0 Å². The van der Waals surface area contributed by atoms with Crippen LogP contribution in [0.1, 0.15) is 47.4 Å². The third kappa shape index (κ3) is 4.54. The van der Waals surface area contributed by atoms with Crippen LogP contribution in [0.15, 0.2) is 17.0 Å². The van der Waals surface area contributed by atoms with E-state index < -0.39 is 62.2 Å². The van der Waals surface area contributed by atoms with E-state index in [1.165, 1.54) is 6.92 Å². The Bertz CT molecular complexity index is 809. The predicted molar refractivity (Wildman–Crippen MR) is 79.9 cm³/mol. The van der Waals surface area contributed by atoms with Gasteiger partial charge in [-0.2, -0.15) is 8.42 Å². The van der Waals surface area contributed by atoms with Gasteiger partial charge in [0.25, 0.3) is 10.1 Å². The molecule has 0 atom stereocenters. The largest absolute Gasteiger partial charge is 0.398 e. The minimum atomic E-state index is -4.79. The Hall–Kier alpha value is -2.39. The summed E-state index contributed by atoms with van der Waals surface area (Å²) in [6, 6.07) is 1.85. The van der Waals surface area contributed by atoms with Gasteiger partial charge in [0.15, 0.2) is 11.6 Å². The summed E-state index contributed by atoms with van der Waals surface area (Å²) >= 11 is 0. The molecule has 0 spiro atoms. The molecule has 0 radical (unpaired) electrons. The van der Waals surface area contributed by atoms with Gasteiger partial charge in [-0.3, -0.25) is 23.7 Å². The minimum absolute atomic E-state index is 0.223. The highest BCUT2D eigenvalue weighted by atomic mass is 32.2. The van der Waals surface area contributed by atoms with Crippen molar-refractivity contribution in [2.45, 2.75) is 31.6 Å². The number of benzene rings is 1. The number of carbonyl (C=O) groups excluding carboxylic acids is 4. The number of anilines is 1. The maximum absolute atomic E-state index is 12.1. The molecule has 1 aromatic carbocycles. The first-order chi connectivity index (χ1) is 10.4. The molecule has 0 heterocycles. The van der Waals surface area contributed by atoms with Crippen LogP contribution in [-0.4, -0.2) is 36.1 Å². The molecule has 23 heavy (non-hydrogen) atoms. The highest BCUT2D eigenvalue weighted by Crippen LogP contribution is 2.28. The lowest BCUT2D eigenvalue weighted by Gasteiger charge is -2.12. The fourth-order valence-electron chi connectivity index (χ4n) is 1.98. The molecule has 0 aliphatic rings. The van der Waals surface area contributed by atoms with Gasteiger partial charge in [-0.15, -0.1) is 0 Å². The zero-order chi connectivity index (χ0) is 17.9. The smallest absolute Gasteiger partial charge is 0.295 e. The number of carbonyl (C=O) groups is 4. The van der Waals surface area contributed by atoms with Crippen molar-refractivity contribution >= 4 is 38.9 Å². The van der Waals surface area contributed by atoms with Crippen molar-refractivity contribution in [3.63, 3.8) is 0 Å². The Balaban J connectivity index is 3.59. The zero-order valence-corrected chi connectivity index (χ0v) is 13.3. The van der Waals surface area contributed by atoms with Gasteiger partial charge >= 0.3 is 0 Å². The zero-order valence-electron chi connectivity index (χ0n) is 12.5. The molecule has 0 saturated heterocycles. The molecule has 0 unspecified atom stereocenters. The molecule has 0 aromatic heterocycles. The minimum Gasteiger partial charge on any atom is -0.398 e. The summed E-state index contributed by atoms with van der Waals surface area (Å²) in [4.78, 5) is 45.3. The molecule has 0 amide bonds. The number of Topliss-reactive ketones (excluding diaryl/α,β-unsaturated/α-hetero) is 4. The molecule has 1 rings (SSSR count). The highest BCUT2D eigenvalue weighted by Gasteiger charge is 2.27. The third-order valence-corrected chi connectivity index (χ3v) is 3.78. The quantitative estimate of drug-likeness (QED) is 0.321. The highest BCUT2D eigenvalue weighted by molar-refractivity contribution is 7.86. The van der Waals surface area contributed by atoms with Crippen LogP contribution in [0, 0.1) is 0 Å². The SMILES string of the molecule is CC(=O)CC(=O)c1ccc(S(=O)(=O)O)c(C(=O)CC(C)=O)c1N. The summed E-state index contributed by atoms with van der Waals surface area (Å²) in [6.07, 6.45) is -1.12. The van der Waals surface area contributed by atoms with E-state index in [4.69, 9.17) is 5.73 Å². The van der Waals surface area contributed by atoms with E-state index in [1.54, 1.807) is 0 Å². The fourth-order valence-corrected chi connectivity index (χ4v) is 2.70. The molecule has 0 bridgehead atoms. The van der Waals surface area contributed by atoms with Gasteiger partial charge in [-0.25, -0.2) is 0 Å². The van der Waals surface area contributed by atoms with E-state index in [0.29, 0.717) is 0 Å². The second-order valence-corrected chi connectivity index (χ2v) is 6.37. The first kappa shape index (κ1) is 18.7. The van der Waals surface area contributed by atoms with Gasteiger partial charge in [0.2, 0.25) is 0 Å².